The maximum Gasteiger partial charge on any atom is 0.305 e. The molecule has 0 atom stereocenters. The van der Waals surface area contributed by atoms with Crippen LogP contribution in [0.5, 0.6) is 0 Å². The molecule has 1 aromatic carbocycles. The molecule has 0 aliphatic carbocycles. The van der Waals surface area contributed by atoms with Gasteiger partial charge in [0.1, 0.15) is 6.54 Å². The first-order valence-electron chi connectivity index (χ1n) is 9.26. The average Bonchev–Trinajstić information content (AvgIpc) is 2.64. The summed E-state index contributed by atoms with van der Waals surface area (Å²) in [7, 11) is 1.43. The molecular weight excluding hydrogens is 370 g/mol. The normalized spacial score (nSPS) is 14.9. The predicted molar refractivity (Wildman–Crippen MR) is 109 cm³/mol. The van der Waals surface area contributed by atoms with Crippen LogP contribution in [0.4, 0.5) is 0 Å². The molecule has 0 amide bonds. The fraction of sp³-hybridized carbons (Fsp3) is 0.579. The van der Waals surface area contributed by atoms with E-state index in [-0.39, 0.29) is 5.97 Å². The summed E-state index contributed by atoms with van der Waals surface area (Å²) in [6.07, 6.45) is 3.38. The summed E-state index contributed by atoms with van der Waals surface area (Å²) >= 11 is 11.6. The molecule has 0 unspecified atom stereocenters. The predicted octanol–water partition coefficient (Wildman–Crippen LogP) is 1.65. The van der Waals surface area contributed by atoms with Crippen LogP contribution < -0.4 is 10.2 Å². The number of halogens is 1. The number of nitrogens with one attached hydrogen (secondary N) is 2. The molecule has 1 saturated heterocycles. The van der Waals surface area contributed by atoms with Gasteiger partial charge in [-0.3, -0.25) is 4.79 Å². The first kappa shape index (κ1) is 20.9. The minimum Gasteiger partial charge on any atom is -0.469 e. The number of hydrogen-bond donors (Lipinski definition) is 2. The van der Waals surface area contributed by atoms with E-state index >= 15 is 0 Å². The summed E-state index contributed by atoms with van der Waals surface area (Å²) in [5, 5.41) is 4.99. The van der Waals surface area contributed by atoms with Gasteiger partial charge in [-0.25, -0.2) is 0 Å². The Hall–Kier alpha value is -1.37. The number of hydrogen-bond acceptors (Lipinski definition) is 3. The summed E-state index contributed by atoms with van der Waals surface area (Å²) in [6, 6.07) is 8.11. The summed E-state index contributed by atoms with van der Waals surface area (Å²) in [5.41, 5.74) is 1.29. The number of rotatable bonds is 8. The van der Waals surface area contributed by atoms with E-state index in [2.05, 4.69) is 21.0 Å². The van der Waals surface area contributed by atoms with Crippen LogP contribution in [0.1, 0.15) is 31.2 Å². The number of piperazine rings is 1. The number of esters is 1. The molecule has 2 rings (SSSR count). The Labute approximate surface area is 166 Å². The van der Waals surface area contributed by atoms with E-state index in [1.54, 1.807) is 4.90 Å². The van der Waals surface area contributed by atoms with Gasteiger partial charge in [-0.2, -0.15) is 0 Å². The fourth-order valence-corrected chi connectivity index (χ4v) is 3.62. The van der Waals surface area contributed by atoms with Crippen molar-refractivity contribution in [3.63, 3.8) is 0 Å². The standard InChI is InChI=1S/C19H28ClN3O2S/c1-25-18(24)8-3-2-4-9-21-19(26)23-12-10-22(11-13-23)15-16-6-5-7-17(20)14-16/h5-7,14H,2-4,8-13,15H2,1H3,(H,21,26)/p+1. The number of carbonyl (C=O) groups is 1. The van der Waals surface area contributed by atoms with Crippen molar-refractivity contribution >= 4 is 34.9 Å². The van der Waals surface area contributed by atoms with Crippen molar-refractivity contribution in [2.45, 2.75) is 32.2 Å². The van der Waals surface area contributed by atoms with Crippen molar-refractivity contribution in [3.8, 4) is 0 Å². The lowest BCUT2D eigenvalue weighted by Gasteiger charge is -2.34. The SMILES string of the molecule is COC(=O)CCCCCNC(=S)N1CC[NH+](Cc2cccc(Cl)c2)CC1. The molecule has 0 bridgehead atoms. The Morgan fingerprint density at radius 2 is 2.08 bits per heavy atom. The summed E-state index contributed by atoms with van der Waals surface area (Å²) < 4.78 is 4.64. The molecule has 1 heterocycles. The van der Waals surface area contributed by atoms with Crippen molar-refractivity contribution in [3.05, 3.63) is 34.9 Å². The van der Waals surface area contributed by atoms with Gasteiger partial charge in [0.2, 0.25) is 0 Å². The van der Waals surface area contributed by atoms with Gasteiger partial charge in [0.25, 0.3) is 0 Å². The zero-order valence-electron chi connectivity index (χ0n) is 15.4. The molecule has 5 nitrogen and oxygen atoms in total. The highest BCUT2D eigenvalue weighted by Crippen LogP contribution is 2.09. The largest absolute Gasteiger partial charge is 0.469 e. The van der Waals surface area contributed by atoms with Crippen molar-refractivity contribution in [1.29, 1.82) is 0 Å². The number of quaternary nitrogens is 1. The molecule has 1 fully saturated rings. The van der Waals surface area contributed by atoms with E-state index in [0.29, 0.717) is 6.42 Å². The molecule has 0 aromatic heterocycles. The van der Waals surface area contributed by atoms with Crippen molar-refractivity contribution in [2.75, 3.05) is 39.8 Å². The third-order valence-corrected chi connectivity index (χ3v) is 5.30. The van der Waals surface area contributed by atoms with Gasteiger partial charge in [0, 0.05) is 23.6 Å². The number of carbonyl (C=O) groups excluding carboxylic acids is 1. The van der Waals surface area contributed by atoms with Crippen LogP contribution in [0.25, 0.3) is 0 Å². The number of thiocarbonyl (C=S) groups is 1. The summed E-state index contributed by atoms with van der Waals surface area (Å²) in [4.78, 5) is 14.9. The molecule has 2 N–H and O–H groups in total. The average molecular weight is 399 g/mol. The molecule has 144 valence electrons. The van der Waals surface area contributed by atoms with Crippen LogP contribution in [0, 0.1) is 0 Å². The monoisotopic (exact) mass is 398 g/mol. The van der Waals surface area contributed by atoms with Crippen LogP contribution in [-0.4, -0.2) is 55.8 Å². The van der Waals surface area contributed by atoms with Gasteiger partial charge in [-0.05, 0) is 37.2 Å². The molecule has 0 saturated carbocycles. The first-order valence-corrected chi connectivity index (χ1v) is 10.0. The van der Waals surface area contributed by atoms with Crippen LogP contribution in [0.3, 0.4) is 0 Å². The lowest BCUT2D eigenvalue weighted by molar-refractivity contribution is -0.917. The number of methoxy groups -OCH3 is 1. The molecule has 1 aliphatic heterocycles. The minimum atomic E-state index is -0.133. The fourth-order valence-electron chi connectivity index (χ4n) is 3.12. The van der Waals surface area contributed by atoms with Crippen LogP contribution in [0.2, 0.25) is 5.02 Å². The summed E-state index contributed by atoms with van der Waals surface area (Å²) in [5.74, 6) is -0.133. The first-order chi connectivity index (χ1) is 12.6. The molecule has 26 heavy (non-hydrogen) atoms. The smallest absolute Gasteiger partial charge is 0.305 e. The second kappa shape index (κ2) is 11.4. The van der Waals surface area contributed by atoms with E-state index in [1.807, 2.05) is 18.2 Å². The molecular formula is C19H29ClN3O2S+. The zero-order chi connectivity index (χ0) is 18.8. The lowest BCUT2D eigenvalue weighted by atomic mass is 10.2. The van der Waals surface area contributed by atoms with E-state index in [0.717, 1.165) is 68.7 Å². The van der Waals surface area contributed by atoms with Crippen molar-refractivity contribution in [1.82, 2.24) is 10.2 Å². The molecule has 0 spiro atoms. The van der Waals surface area contributed by atoms with Crippen LogP contribution in [0.15, 0.2) is 24.3 Å². The Morgan fingerprint density at radius 3 is 2.77 bits per heavy atom. The highest BCUT2D eigenvalue weighted by atomic mass is 35.5. The number of ether oxygens (including phenoxy) is 1. The van der Waals surface area contributed by atoms with Gasteiger partial charge < -0.3 is 19.9 Å². The van der Waals surface area contributed by atoms with E-state index in [9.17, 15) is 4.79 Å². The lowest BCUT2D eigenvalue weighted by Crippen LogP contribution is -3.13. The van der Waals surface area contributed by atoms with E-state index < -0.39 is 0 Å². The number of benzene rings is 1. The summed E-state index contributed by atoms with van der Waals surface area (Å²) in [6.45, 7) is 5.97. The van der Waals surface area contributed by atoms with E-state index in [1.165, 1.54) is 12.7 Å². The van der Waals surface area contributed by atoms with Gasteiger partial charge in [-0.15, -0.1) is 0 Å². The maximum atomic E-state index is 11.0. The Kier molecular flexibility index (Phi) is 9.15. The second-order valence-electron chi connectivity index (χ2n) is 6.66. The highest BCUT2D eigenvalue weighted by Gasteiger charge is 2.21. The second-order valence-corrected chi connectivity index (χ2v) is 7.49. The highest BCUT2D eigenvalue weighted by molar-refractivity contribution is 7.80. The zero-order valence-corrected chi connectivity index (χ0v) is 17.0. The van der Waals surface area contributed by atoms with Crippen molar-refractivity contribution in [2.24, 2.45) is 0 Å². The van der Waals surface area contributed by atoms with Gasteiger partial charge in [-0.1, -0.05) is 30.2 Å². The Morgan fingerprint density at radius 1 is 1.31 bits per heavy atom. The maximum absolute atomic E-state index is 11.0. The molecule has 1 aromatic rings. The Bertz CT molecular complexity index is 592. The topological polar surface area (TPSA) is 46.0 Å². The minimum absolute atomic E-state index is 0.133. The van der Waals surface area contributed by atoms with Crippen LogP contribution >= 0.6 is 23.8 Å². The van der Waals surface area contributed by atoms with Gasteiger partial charge >= 0.3 is 5.97 Å². The molecule has 0 radical (unpaired) electrons. The third-order valence-electron chi connectivity index (χ3n) is 4.66. The number of nitrogens with zero attached hydrogens (tertiary/aromatic N) is 1. The molecule has 7 heteroatoms. The number of unbranched alkanes of at least 4 members (excludes halogenated alkanes) is 2. The molecule has 1 aliphatic rings. The van der Waals surface area contributed by atoms with E-state index in [4.69, 9.17) is 23.8 Å². The quantitative estimate of drug-likeness (QED) is 0.396. The van der Waals surface area contributed by atoms with Gasteiger partial charge in [0.05, 0.1) is 33.3 Å². The van der Waals surface area contributed by atoms with Gasteiger partial charge in [0.15, 0.2) is 5.11 Å². The van der Waals surface area contributed by atoms with Crippen molar-refractivity contribution < 1.29 is 14.4 Å². The third kappa shape index (κ3) is 7.48. The Balaban J connectivity index is 1.58. The van der Waals surface area contributed by atoms with Crippen LogP contribution in [-0.2, 0) is 16.1 Å².